The number of hydrogen-bond donors (Lipinski definition) is 2. The Morgan fingerprint density at radius 3 is 2.59 bits per heavy atom. The molecule has 1 aliphatic heterocycles. The summed E-state index contributed by atoms with van der Waals surface area (Å²) in [7, 11) is 0. The Morgan fingerprint density at radius 1 is 1.12 bits per heavy atom. The van der Waals surface area contributed by atoms with Gasteiger partial charge in [-0.25, -0.2) is 4.39 Å². The van der Waals surface area contributed by atoms with Gasteiger partial charge in [-0.05, 0) is 61.4 Å². The van der Waals surface area contributed by atoms with Gasteiger partial charge in [0.2, 0.25) is 0 Å². The van der Waals surface area contributed by atoms with Crippen LogP contribution in [0.3, 0.4) is 0 Å². The fourth-order valence-corrected chi connectivity index (χ4v) is 4.45. The molecule has 2 aliphatic rings. The van der Waals surface area contributed by atoms with Crippen LogP contribution in [-0.2, 0) is 12.7 Å². The van der Waals surface area contributed by atoms with Gasteiger partial charge in [0, 0.05) is 12.6 Å². The number of fused-ring (bicyclic) bond motifs is 1. The van der Waals surface area contributed by atoms with E-state index in [-0.39, 0.29) is 22.4 Å². The van der Waals surface area contributed by atoms with Gasteiger partial charge in [-0.2, -0.15) is 13.2 Å². The van der Waals surface area contributed by atoms with E-state index in [1.165, 1.54) is 6.07 Å². The first-order valence-electron chi connectivity index (χ1n) is 10.5. The number of amides is 1. The van der Waals surface area contributed by atoms with Crippen molar-refractivity contribution >= 4 is 23.3 Å². The second-order valence-corrected chi connectivity index (χ2v) is 8.61. The highest BCUT2D eigenvalue weighted by atomic mass is 35.5. The van der Waals surface area contributed by atoms with Gasteiger partial charge in [0.1, 0.15) is 11.7 Å². The molecule has 0 bridgehead atoms. The third kappa shape index (κ3) is 4.90. The highest BCUT2D eigenvalue weighted by Gasteiger charge is 2.32. The Labute approximate surface area is 188 Å². The number of benzene rings is 2. The van der Waals surface area contributed by atoms with E-state index in [0.29, 0.717) is 43.2 Å². The molecule has 1 saturated carbocycles. The maximum Gasteiger partial charge on any atom is 0.416 e. The maximum atomic E-state index is 14.1. The molecule has 0 aromatic heterocycles. The Morgan fingerprint density at radius 2 is 1.88 bits per heavy atom. The molecule has 1 heterocycles. The van der Waals surface area contributed by atoms with Gasteiger partial charge in [-0.3, -0.25) is 9.79 Å². The third-order valence-corrected chi connectivity index (χ3v) is 6.35. The summed E-state index contributed by atoms with van der Waals surface area (Å²) in [5, 5.41) is 6.05. The van der Waals surface area contributed by atoms with E-state index in [4.69, 9.17) is 11.6 Å². The van der Waals surface area contributed by atoms with Crippen LogP contribution < -0.4 is 10.6 Å². The molecule has 1 fully saturated rings. The number of carbonyl (C=O) groups is 1. The Bertz CT molecular complexity index is 1050. The quantitative estimate of drug-likeness (QED) is 0.597. The standard InChI is InChI=1S/C23H22ClF4N3O/c24-18-9-6-15(23(26,27)28)10-17(18)22(32)31-16-7-4-13(5-8-16)11-29-21-20-14(12-30-21)2-1-3-19(20)25/h1-3,6,9-10,13,16H,4-5,7-8,11-12H2,(H,29,30)(H,31,32). The lowest BCUT2D eigenvalue weighted by Gasteiger charge is -2.29. The fourth-order valence-electron chi connectivity index (χ4n) is 4.24. The molecular weight excluding hydrogens is 446 g/mol. The van der Waals surface area contributed by atoms with Gasteiger partial charge in [-0.15, -0.1) is 0 Å². The molecule has 1 aliphatic carbocycles. The molecule has 2 aromatic carbocycles. The summed E-state index contributed by atoms with van der Waals surface area (Å²) in [6, 6.07) is 7.56. The predicted molar refractivity (Wildman–Crippen MR) is 114 cm³/mol. The molecule has 0 spiro atoms. The molecule has 2 N–H and O–H groups in total. The lowest BCUT2D eigenvalue weighted by molar-refractivity contribution is -0.137. The predicted octanol–water partition coefficient (Wildman–Crippen LogP) is 5.34. The van der Waals surface area contributed by atoms with E-state index < -0.39 is 17.6 Å². The van der Waals surface area contributed by atoms with Crippen LogP contribution in [0.1, 0.15) is 52.7 Å². The van der Waals surface area contributed by atoms with E-state index in [1.807, 2.05) is 6.07 Å². The van der Waals surface area contributed by atoms with Gasteiger partial charge < -0.3 is 10.6 Å². The van der Waals surface area contributed by atoms with Crippen LogP contribution in [-0.4, -0.2) is 24.3 Å². The van der Waals surface area contributed by atoms with Crippen LogP contribution in [0.25, 0.3) is 0 Å². The van der Waals surface area contributed by atoms with E-state index in [2.05, 4.69) is 15.6 Å². The topological polar surface area (TPSA) is 53.5 Å². The first kappa shape index (κ1) is 22.6. The van der Waals surface area contributed by atoms with Crippen molar-refractivity contribution in [2.45, 2.75) is 44.4 Å². The summed E-state index contributed by atoms with van der Waals surface area (Å²) in [5.41, 5.74) is 0.318. The van der Waals surface area contributed by atoms with E-state index in [0.717, 1.165) is 36.6 Å². The van der Waals surface area contributed by atoms with Crippen molar-refractivity contribution in [3.63, 3.8) is 0 Å². The van der Waals surface area contributed by atoms with Crippen molar-refractivity contribution in [1.82, 2.24) is 10.6 Å². The number of nitrogens with one attached hydrogen (secondary N) is 2. The SMILES string of the molecule is O=C(NC1CCC(CNC2=NCc3cccc(F)c32)CC1)c1cc(C(F)(F)F)ccc1Cl. The second-order valence-electron chi connectivity index (χ2n) is 8.20. The number of alkyl halides is 3. The maximum absolute atomic E-state index is 14.1. The molecule has 0 atom stereocenters. The van der Waals surface area contributed by atoms with E-state index in [1.54, 1.807) is 6.07 Å². The normalized spacial score (nSPS) is 20.5. The lowest BCUT2D eigenvalue weighted by Crippen LogP contribution is -2.40. The molecule has 2 aromatic rings. The summed E-state index contributed by atoms with van der Waals surface area (Å²) in [4.78, 5) is 16.9. The van der Waals surface area contributed by atoms with Crippen LogP contribution in [0.15, 0.2) is 41.4 Å². The largest absolute Gasteiger partial charge is 0.416 e. The molecule has 4 rings (SSSR count). The van der Waals surface area contributed by atoms with Crippen molar-refractivity contribution < 1.29 is 22.4 Å². The second kappa shape index (κ2) is 9.10. The summed E-state index contributed by atoms with van der Waals surface area (Å²) in [6.07, 6.45) is -1.49. The summed E-state index contributed by atoms with van der Waals surface area (Å²) in [5.74, 6) is 0.0209. The Hall–Kier alpha value is -2.61. The smallest absolute Gasteiger partial charge is 0.369 e. The zero-order valence-corrected chi connectivity index (χ0v) is 17.9. The lowest BCUT2D eigenvalue weighted by atomic mass is 9.85. The van der Waals surface area contributed by atoms with Crippen LogP contribution in [0.4, 0.5) is 17.6 Å². The minimum absolute atomic E-state index is 0.0155. The van der Waals surface area contributed by atoms with Gasteiger partial charge in [0.15, 0.2) is 0 Å². The minimum Gasteiger partial charge on any atom is -0.369 e. The van der Waals surface area contributed by atoms with Gasteiger partial charge in [0.25, 0.3) is 5.91 Å². The van der Waals surface area contributed by atoms with E-state index >= 15 is 0 Å². The summed E-state index contributed by atoms with van der Waals surface area (Å²) < 4.78 is 52.9. The number of nitrogens with zero attached hydrogens (tertiary/aromatic N) is 1. The zero-order valence-electron chi connectivity index (χ0n) is 17.1. The van der Waals surface area contributed by atoms with Crippen molar-refractivity contribution in [2.24, 2.45) is 10.9 Å². The van der Waals surface area contributed by atoms with Gasteiger partial charge >= 0.3 is 6.18 Å². The van der Waals surface area contributed by atoms with Crippen molar-refractivity contribution in [2.75, 3.05) is 6.54 Å². The monoisotopic (exact) mass is 467 g/mol. The number of carbonyl (C=O) groups excluding carboxylic acids is 1. The molecule has 9 heteroatoms. The van der Waals surface area contributed by atoms with Crippen molar-refractivity contribution in [1.29, 1.82) is 0 Å². The first-order chi connectivity index (χ1) is 15.2. The number of aliphatic imine (C=N–C) groups is 1. The molecule has 0 unspecified atom stereocenters. The molecule has 170 valence electrons. The molecular formula is C23H22ClF4N3O. The minimum atomic E-state index is -4.54. The summed E-state index contributed by atoms with van der Waals surface area (Å²) in [6.45, 7) is 1.11. The van der Waals surface area contributed by atoms with Gasteiger partial charge in [-0.1, -0.05) is 23.7 Å². The average Bonchev–Trinajstić information content (AvgIpc) is 3.17. The number of halogens is 5. The zero-order chi connectivity index (χ0) is 22.9. The molecule has 4 nitrogen and oxygen atoms in total. The van der Waals surface area contributed by atoms with Crippen LogP contribution in [0.2, 0.25) is 5.02 Å². The highest BCUT2D eigenvalue weighted by molar-refractivity contribution is 6.33. The van der Waals surface area contributed by atoms with E-state index in [9.17, 15) is 22.4 Å². The van der Waals surface area contributed by atoms with Crippen molar-refractivity contribution in [3.05, 3.63) is 69.5 Å². The Balaban J connectivity index is 1.29. The van der Waals surface area contributed by atoms with Crippen molar-refractivity contribution in [3.8, 4) is 0 Å². The average molecular weight is 468 g/mol. The highest BCUT2D eigenvalue weighted by Crippen LogP contribution is 2.32. The third-order valence-electron chi connectivity index (χ3n) is 6.02. The molecule has 1 amide bonds. The van der Waals surface area contributed by atoms with Crippen LogP contribution in [0.5, 0.6) is 0 Å². The number of amidine groups is 1. The first-order valence-corrected chi connectivity index (χ1v) is 10.8. The fraction of sp³-hybridized carbons (Fsp3) is 0.391. The number of rotatable bonds is 4. The molecule has 0 saturated heterocycles. The molecule has 0 radical (unpaired) electrons. The summed E-state index contributed by atoms with van der Waals surface area (Å²) >= 11 is 5.96. The van der Waals surface area contributed by atoms with Crippen LogP contribution in [0, 0.1) is 11.7 Å². The molecule has 32 heavy (non-hydrogen) atoms. The number of hydrogen-bond acceptors (Lipinski definition) is 3. The van der Waals surface area contributed by atoms with Crippen LogP contribution >= 0.6 is 11.6 Å². The van der Waals surface area contributed by atoms with Gasteiger partial charge in [0.05, 0.1) is 28.3 Å². The Kier molecular flexibility index (Phi) is 6.42.